The van der Waals surface area contributed by atoms with Gasteiger partial charge < -0.3 is 4.90 Å². The quantitative estimate of drug-likeness (QED) is 0.555. The molecule has 1 aliphatic heterocycles. The number of piperazine rings is 1. The lowest BCUT2D eigenvalue weighted by molar-refractivity contribution is 0.148. The molecule has 0 radical (unpaired) electrons. The Balaban J connectivity index is 0.000000310. The number of hydrogen-bond acceptors (Lipinski definition) is 4. The Morgan fingerprint density at radius 3 is 2.33 bits per heavy atom. The molecule has 5 nitrogen and oxygen atoms in total. The highest BCUT2D eigenvalue weighted by Gasteiger charge is 2.16. The van der Waals surface area contributed by atoms with Crippen LogP contribution in [-0.2, 0) is 16.6 Å². The molecule has 0 atom stereocenters. The predicted molar refractivity (Wildman–Crippen MR) is 126 cm³/mol. The van der Waals surface area contributed by atoms with Gasteiger partial charge in [-0.15, -0.1) is 6.58 Å². The summed E-state index contributed by atoms with van der Waals surface area (Å²) in [6.07, 6.45) is 3.05. The fraction of sp³-hybridized carbons (Fsp3) is 0.304. The summed E-state index contributed by atoms with van der Waals surface area (Å²) in [5.41, 5.74) is 1.95. The Bertz CT molecular complexity index is 1070. The number of halogens is 1. The van der Waals surface area contributed by atoms with E-state index in [4.69, 9.17) is 11.6 Å². The summed E-state index contributed by atoms with van der Waals surface area (Å²) < 4.78 is 25.8. The van der Waals surface area contributed by atoms with E-state index in [-0.39, 0.29) is 5.75 Å². The summed E-state index contributed by atoms with van der Waals surface area (Å²) >= 11 is 5.54. The van der Waals surface area contributed by atoms with Crippen LogP contribution < -0.4 is 0 Å². The van der Waals surface area contributed by atoms with E-state index in [0.717, 1.165) is 48.6 Å². The molecule has 0 N–H and O–H groups in total. The summed E-state index contributed by atoms with van der Waals surface area (Å²) in [6.45, 7) is 8.77. The van der Waals surface area contributed by atoms with Crippen LogP contribution in [-0.4, -0.2) is 61.2 Å². The zero-order chi connectivity index (χ0) is 21.6. The lowest BCUT2D eigenvalue weighted by Crippen LogP contribution is -2.43. The van der Waals surface area contributed by atoms with Crippen molar-refractivity contribution in [3.8, 4) is 0 Å². The minimum absolute atomic E-state index is 0.0557. The number of hydrogen-bond donors (Lipinski definition) is 0. The molecular weight excluding hydrogens is 418 g/mol. The Morgan fingerprint density at radius 2 is 1.73 bits per heavy atom. The SMILES string of the molecule is C=CCS(=O)(=O)n1ccc2cc(CN3CCN(C)CC3)ccc21.Clc1ccccc1. The molecular formula is C23H28ClN3O2S. The van der Waals surface area contributed by atoms with Crippen molar-refractivity contribution in [2.45, 2.75) is 6.54 Å². The Morgan fingerprint density at radius 1 is 1.03 bits per heavy atom. The van der Waals surface area contributed by atoms with E-state index in [1.807, 2.05) is 48.5 Å². The van der Waals surface area contributed by atoms with Crippen LogP contribution in [0.4, 0.5) is 0 Å². The number of rotatable bonds is 5. The molecule has 30 heavy (non-hydrogen) atoms. The molecule has 0 unspecified atom stereocenters. The second-order valence-corrected chi connectivity index (χ2v) is 9.77. The van der Waals surface area contributed by atoms with Gasteiger partial charge in [-0.2, -0.15) is 0 Å². The largest absolute Gasteiger partial charge is 0.304 e. The normalized spacial score (nSPS) is 15.5. The van der Waals surface area contributed by atoms with Gasteiger partial charge in [0, 0.05) is 49.3 Å². The van der Waals surface area contributed by atoms with Crippen molar-refractivity contribution in [1.82, 2.24) is 13.8 Å². The van der Waals surface area contributed by atoms with Crippen LogP contribution >= 0.6 is 11.6 Å². The molecule has 3 aromatic rings. The number of fused-ring (bicyclic) bond motifs is 1. The van der Waals surface area contributed by atoms with E-state index in [1.165, 1.54) is 15.6 Å². The number of aromatic nitrogens is 1. The number of likely N-dealkylation sites (N-methyl/N-ethyl adjacent to an activating group) is 1. The molecule has 1 aromatic heterocycles. The minimum Gasteiger partial charge on any atom is -0.304 e. The van der Waals surface area contributed by atoms with E-state index < -0.39 is 10.0 Å². The zero-order valence-electron chi connectivity index (χ0n) is 17.2. The molecule has 0 amide bonds. The van der Waals surface area contributed by atoms with Crippen molar-refractivity contribution < 1.29 is 8.42 Å². The summed E-state index contributed by atoms with van der Waals surface area (Å²) in [7, 11) is -1.21. The number of nitrogens with zero attached hydrogens (tertiary/aromatic N) is 3. The third-order valence-electron chi connectivity index (χ3n) is 5.08. The number of benzene rings is 2. The second-order valence-electron chi connectivity index (χ2n) is 7.45. The Hall–Kier alpha value is -2.12. The van der Waals surface area contributed by atoms with Crippen molar-refractivity contribution in [1.29, 1.82) is 0 Å². The summed E-state index contributed by atoms with van der Waals surface area (Å²) in [5.74, 6) is -0.0557. The minimum atomic E-state index is -3.36. The molecule has 7 heteroatoms. The molecule has 2 heterocycles. The van der Waals surface area contributed by atoms with Crippen LogP contribution in [0.25, 0.3) is 10.9 Å². The van der Waals surface area contributed by atoms with Crippen molar-refractivity contribution in [3.63, 3.8) is 0 Å². The van der Waals surface area contributed by atoms with Crippen LogP contribution in [0.2, 0.25) is 5.02 Å². The van der Waals surface area contributed by atoms with Crippen LogP contribution in [0.3, 0.4) is 0 Å². The van der Waals surface area contributed by atoms with Crippen molar-refractivity contribution in [2.75, 3.05) is 39.0 Å². The topological polar surface area (TPSA) is 45.6 Å². The van der Waals surface area contributed by atoms with E-state index >= 15 is 0 Å². The predicted octanol–water partition coefficient (Wildman–Crippen LogP) is 4.09. The fourth-order valence-corrected chi connectivity index (χ4v) is 4.73. The first-order valence-electron chi connectivity index (χ1n) is 9.94. The van der Waals surface area contributed by atoms with Gasteiger partial charge in [0.15, 0.2) is 0 Å². The molecule has 160 valence electrons. The highest BCUT2D eigenvalue weighted by atomic mass is 35.5. The first kappa shape index (κ1) is 22.6. The van der Waals surface area contributed by atoms with E-state index in [9.17, 15) is 8.42 Å². The van der Waals surface area contributed by atoms with Gasteiger partial charge in [0.2, 0.25) is 10.0 Å². The van der Waals surface area contributed by atoms with Gasteiger partial charge in [-0.25, -0.2) is 12.4 Å². The van der Waals surface area contributed by atoms with E-state index in [0.29, 0.717) is 0 Å². The lowest BCUT2D eigenvalue weighted by atomic mass is 10.1. The van der Waals surface area contributed by atoms with Crippen LogP contribution in [0.1, 0.15) is 5.56 Å². The maximum atomic E-state index is 12.2. The maximum Gasteiger partial charge on any atom is 0.242 e. The van der Waals surface area contributed by atoms with Gasteiger partial charge in [-0.3, -0.25) is 4.90 Å². The Kier molecular flexibility index (Phi) is 7.72. The van der Waals surface area contributed by atoms with Crippen LogP contribution in [0, 0.1) is 0 Å². The van der Waals surface area contributed by atoms with Gasteiger partial charge in [0.25, 0.3) is 0 Å². The smallest absolute Gasteiger partial charge is 0.242 e. The monoisotopic (exact) mass is 445 g/mol. The van der Waals surface area contributed by atoms with E-state index in [2.05, 4.69) is 29.5 Å². The molecule has 0 aliphatic carbocycles. The van der Waals surface area contributed by atoms with Gasteiger partial charge in [-0.05, 0) is 42.9 Å². The summed E-state index contributed by atoms with van der Waals surface area (Å²) in [4.78, 5) is 4.77. The van der Waals surface area contributed by atoms with E-state index in [1.54, 1.807) is 6.20 Å². The molecule has 0 saturated carbocycles. The molecule has 0 bridgehead atoms. The van der Waals surface area contributed by atoms with Crippen molar-refractivity contribution in [2.24, 2.45) is 0 Å². The first-order chi connectivity index (χ1) is 14.4. The highest BCUT2D eigenvalue weighted by molar-refractivity contribution is 7.90. The van der Waals surface area contributed by atoms with Crippen LogP contribution in [0.15, 0.2) is 73.4 Å². The third kappa shape index (κ3) is 5.95. The third-order valence-corrected chi connectivity index (χ3v) is 6.91. The van der Waals surface area contributed by atoms with Crippen LogP contribution in [0.5, 0.6) is 0 Å². The summed E-state index contributed by atoms with van der Waals surface area (Å²) in [6, 6.07) is 17.3. The second kappa shape index (κ2) is 10.3. The zero-order valence-corrected chi connectivity index (χ0v) is 18.8. The Labute approximate surface area is 184 Å². The average molecular weight is 446 g/mol. The average Bonchev–Trinajstić information content (AvgIpc) is 3.15. The lowest BCUT2D eigenvalue weighted by Gasteiger charge is -2.32. The first-order valence-corrected chi connectivity index (χ1v) is 11.9. The van der Waals surface area contributed by atoms with Crippen molar-refractivity contribution in [3.05, 3.63) is 84.0 Å². The molecule has 1 aliphatic rings. The van der Waals surface area contributed by atoms with Gasteiger partial charge in [0.1, 0.15) is 0 Å². The molecule has 4 rings (SSSR count). The standard InChI is InChI=1S/C17H23N3O2S.C6H5Cl/c1-3-12-23(21,22)20-7-6-16-13-15(4-5-17(16)20)14-19-10-8-18(2)9-11-19;7-6-4-2-1-3-5-6/h3-7,13H,1,8-12,14H2,2H3;1-5H. The highest BCUT2D eigenvalue weighted by Crippen LogP contribution is 2.21. The van der Waals surface area contributed by atoms with Gasteiger partial charge in [0.05, 0.1) is 11.3 Å². The molecule has 1 saturated heterocycles. The van der Waals surface area contributed by atoms with Gasteiger partial charge >= 0.3 is 0 Å². The van der Waals surface area contributed by atoms with Crippen molar-refractivity contribution >= 4 is 32.5 Å². The summed E-state index contributed by atoms with van der Waals surface area (Å²) in [5, 5.41) is 1.76. The molecule has 2 aromatic carbocycles. The molecule has 0 spiro atoms. The van der Waals surface area contributed by atoms with Gasteiger partial charge in [-0.1, -0.05) is 41.9 Å². The fourth-order valence-electron chi connectivity index (χ4n) is 3.42. The molecule has 1 fully saturated rings. The maximum absolute atomic E-state index is 12.2.